The smallest absolute Gasteiger partial charge is 0.390 e. The summed E-state index contributed by atoms with van der Waals surface area (Å²) >= 11 is 3.06. The van der Waals surface area contributed by atoms with Crippen LogP contribution in [0.2, 0.25) is 0 Å². The molecule has 0 heterocycles. The SMILES string of the molecule is CC(C)=Nc1cc(Br)cc(C(F)(F)F)c1C.CC1CC(C)(O)C1. The number of benzene rings is 1. The van der Waals surface area contributed by atoms with Crippen molar-refractivity contribution in [2.75, 3.05) is 0 Å². The van der Waals surface area contributed by atoms with E-state index in [0.717, 1.165) is 24.8 Å². The molecule has 130 valence electrons. The zero-order valence-corrected chi connectivity index (χ0v) is 15.6. The third-order valence-corrected chi connectivity index (χ3v) is 4.03. The van der Waals surface area contributed by atoms with Gasteiger partial charge in [0, 0.05) is 10.2 Å². The molecule has 1 aliphatic carbocycles. The highest BCUT2D eigenvalue weighted by molar-refractivity contribution is 9.10. The minimum absolute atomic E-state index is 0.150. The summed E-state index contributed by atoms with van der Waals surface area (Å²) in [7, 11) is 0. The van der Waals surface area contributed by atoms with Crippen LogP contribution in [0, 0.1) is 12.8 Å². The number of alkyl halides is 3. The Morgan fingerprint density at radius 2 is 1.83 bits per heavy atom. The lowest BCUT2D eigenvalue weighted by Gasteiger charge is -2.38. The van der Waals surface area contributed by atoms with Crippen molar-refractivity contribution >= 4 is 27.3 Å². The Morgan fingerprint density at radius 1 is 1.30 bits per heavy atom. The van der Waals surface area contributed by atoms with Crippen LogP contribution in [-0.4, -0.2) is 16.4 Å². The number of aliphatic imine (C=N–C) groups is 1. The predicted octanol–water partition coefficient (Wildman–Crippen LogP) is 6.06. The second-order valence-electron chi connectivity index (χ2n) is 6.66. The molecule has 2 nitrogen and oxygen atoms in total. The van der Waals surface area contributed by atoms with Crippen molar-refractivity contribution in [1.82, 2.24) is 0 Å². The monoisotopic (exact) mass is 393 g/mol. The van der Waals surface area contributed by atoms with Crippen molar-refractivity contribution in [1.29, 1.82) is 0 Å². The largest absolute Gasteiger partial charge is 0.416 e. The van der Waals surface area contributed by atoms with Gasteiger partial charge in [-0.05, 0) is 64.2 Å². The third-order valence-electron chi connectivity index (χ3n) is 3.57. The topological polar surface area (TPSA) is 32.6 Å². The standard InChI is InChI=1S/C11H11BrF3N.C6H12O/c1-6(2)16-10-5-8(12)4-9(7(10)3)11(13,14)15;1-5-3-6(2,7)4-5/h4-5H,1-3H3;5,7H,3-4H2,1-2H3. The molecule has 0 atom stereocenters. The van der Waals surface area contributed by atoms with E-state index in [1.165, 1.54) is 6.92 Å². The van der Waals surface area contributed by atoms with Crippen molar-refractivity contribution in [2.45, 2.75) is 59.2 Å². The van der Waals surface area contributed by atoms with Crippen molar-refractivity contribution in [2.24, 2.45) is 10.9 Å². The summed E-state index contributed by atoms with van der Waals surface area (Å²) in [6.07, 6.45) is -2.36. The van der Waals surface area contributed by atoms with E-state index in [1.807, 2.05) is 6.92 Å². The maximum absolute atomic E-state index is 12.7. The molecule has 0 radical (unpaired) electrons. The highest BCUT2D eigenvalue weighted by Gasteiger charge is 2.35. The first-order valence-electron chi connectivity index (χ1n) is 7.43. The molecule has 1 saturated carbocycles. The Bertz CT molecular complexity index is 582. The first-order chi connectivity index (χ1) is 10.3. The van der Waals surface area contributed by atoms with Gasteiger partial charge in [-0.3, -0.25) is 4.99 Å². The third kappa shape index (κ3) is 6.26. The molecule has 0 aromatic heterocycles. The Kier molecular flexibility index (Phi) is 6.44. The lowest BCUT2D eigenvalue weighted by molar-refractivity contribution is -0.138. The first-order valence-corrected chi connectivity index (χ1v) is 8.23. The molecular weight excluding hydrogens is 371 g/mol. The van der Waals surface area contributed by atoms with Crippen LogP contribution in [0.3, 0.4) is 0 Å². The fourth-order valence-electron chi connectivity index (χ4n) is 2.76. The van der Waals surface area contributed by atoms with Crippen molar-refractivity contribution in [3.63, 3.8) is 0 Å². The molecule has 0 aliphatic heterocycles. The molecule has 23 heavy (non-hydrogen) atoms. The van der Waals surface area contributed by atoms with E-state index >= 15 is 0 Å². The maximum Gasteiger partial charge on any atom is 0.416 e. The van der Waals surface area contributed by atoms with Crippen LogP contribution in [0.25, 0.3) is 0 Å². The molecule has 6 heteroatoms. The van der Waals surface area contributed by atoms with Gasteiger partial charge in [-0.1, -0.05) is 22.9 Å². The number of halogens is 4. The summed E-state index contributed by atoms with van der Waals surface area (Å²) in [5, 5.41) is 9.08. The molecule has 1 aromatic rings. The van der Waals surface area contributed by atoms with Gasteiger partial charge in [-0.2, -0.15) is 13.2 Å². The minimum atomic E-state index is -4.35. The predicted molar refractivity (Wildman–Crippen MR) is 91.3 cm³/mol. The quantitative estimate of drug-likeness (QED) is 0.578. The molecule has 1 fully saturated rings. The second kappa shape index (κ2) is 7.34. The van der Waals surface area contributed by atoms with Gasteiger partial charge >= 0.3 is 6.18 Å². The van der Waals surface area contributed by atoms with Gasteiger partial charge in [-0.25, -0.2) is 0 Å². The molecule has 0 amide bonds. The van der Waals surface area contributed by atoms with Crippen LogP contribution in [0.1, 0.15) is 51.7 Å². The van der Waals surface area contributed by atoms with Crippen LogP contribution >= 0.6 is 15.9 Å². The van der Waals surface area contributed by atoms with Gasteiger partial charge in [0.2, 0.25) is 0 Å². The van der Waals surface area contributed by atoms with Gasteiger partial charge in [-0.15, -0.1) is 0 Å². The molecule has 0 saturated heterocycles. The molecule has 1 N–H and O–H groups in total. The second-order valence-corrected chi connectivity index (χ2v) is 7.58. The van der Waals surface area contributed by atoms with Crippen LogP contribution in [-0.2, 0) is 6.18 Å². The van der Waals surface area contributed by atoms with Gasteiger partial charge in [0.05, 0.1) is 16.9 Å². The minimum Gasteiger partial charge on any atom is -0.390 e. The summed E-state index contributed by atoms with van der Waals surface area (Å²) in [5.74, 6) is 0.759. The van der Waals surface area contributed by atoms with Crippen molar-refractivity contribution in [3.05, 3.63) is 27.7 Å². The Morgan fingerprint density at radius 3 is 2.13 bits per heavy atom. The Hall–Kier alpha value is -0.880. The summed E-state index contributed by atoms with van der Waals surface area (Å²) < 4.78 is 38.4. The van der Waals surface area contributed by atoms with E-state index in [1.54, 1.807) is 19.9 Å². The van der Waals surface area contributed by atoms with Crippen LogP contribution < -0.4 is 0 Å². The molecule has 1 aromatic carbocycles. The highest BCUT2D eigenvalue weighted by Crippen LogP contribution is 2.38. The van der Waals surface area contributed by atoms with Gasteiger partial charge in [0.25, 0.3) is 0 Å². The van der Waals surface area contributed by atoms with Crippen molar-refractivity contribution < 1.29 is 18.3 Å². The Labute approximate surface area is 143 Å². The normalized spacial score (nSPS) is 23.5. The van der Waals surface area contributed by atoms with E-state index in [9.17, 15) is 13.2 Å². The fourth-order valence-corrected chi connectivity index (χ4v) is 3.20. The summed E-state index contributed by atoms with van der Waals surface area (Å²) in [6, 6.07) is 2.65. The van der Waals surface area contributed by atoms with E-state index in [4.69, 9.17) is 5.11 Å². The lowest BCUT2D eigenvalue weighted by atomic mass is 9.73. The van der Waals surface area contributed by atoms with E-state index in [0.29, 0.717) is 15.9 Å². The molecule has 2 rings (SSSR count). The average molecular weight is 394 g/mol. The molecular formula is C17H23BrF3NO. The van der Waals surface area contributed by atoms with E-state index in [-0.39, 0.29) is 11.2 Å². The zero-order chi connectivity index (χ0) is 18.0. The summed E-state index contributed by atoms with van der Waals surface area (Å²) in [4.78, 5) is 4.08. The lowest BCUT2D eigenvalue weighted by Crippen LogP contribution is -2.39. The van der Waals surface area contributed by atoms with Crippen LogP contribution in [0.15, 0.2) is 21.6 Å². The fraction of sp³-hybridized carbons (Fsp3) is 0.588. The van der Waals surface area contributed by atoms with Crippen molar-refractivity contribution in [3.8, 4) is 0 Å². The molecule has 0 unspecified atom stereocenters. The van der Waals surface area contributed by atoms with Gasteiger partial charge < -0.3 is 5.11 Å². The molecule has 0 spiro atoms. The van der Waals surface area contributed by atoms with Crippen LogP contribution in [0.4, 0.5) is 18.9 Å². The number of rotatable bonds is 1. The summed E-state index contributed by atoms with van der Waals surface area (Å²) in [6.45, 7) is 8.98. The Balaban J connectivity index is 0.000000313. The summed E-state index contributed by atoms with van der Waals surface area (Å²) in [5.41, 5.74) is 0.258. The average Bonchev–Trinajstić information content (AvgIpc) is 2.29. The highest BCUT2D eigenvalue weighted by atomic mass is 79.9. The zero-order valence-electron chi connectivity index (χ0n) is 14.1. The van der Waals surface area contributed by atoms with Crippen LogP contribution in [0.5, 0.6) is 0 Å². The van der Waals surface area contributed by atoms with Gasteiger partial charge in [0.1, 0.15) is 0 Å². The number of nitrogens with zero attached hydrogens (tertiary/aromatic N) is 1. The maximum atomic E-state index is 12.7. The van der Waals surface area contributed by atoms with E-state index in [2.05, 4.69) is 27.8 Å². The van der Waals surface area contributed by atoms with E-state index < -0.39 is 11.7 Å². The number of aliphatic hydroxyl groups is 1. The first kappa shape index (κ1) is 20.2. The molecule has 1 aliphatic rings. The molecule has 0 bridgehead atoms. The van der Waals surface area contributed by atoms with Gasteiger partial charge in [0.15, 0.2) is 0 Å². The number of hydrogen-bond donors (Lipinski definition) is 1. The number of hydrogen-bond acceptors (Lipinski definition) is 2.